The molecular weight excluding hydrogens is 440 g/mol. The third-order valence-corrected chi connectivity index (χ3v) is 3.90. The summed E-state index contributed by atoms with van der Waals surface area (Å²) < 4.78 is 10.3. The van der Waals surface area contributed by atoms with Crippen LogP contribution in [-0.4, -0.2) is 10.2 Å². The molecule has 0 heterocycles. The zero-order valence-corrected chi connectivity index (χ0v) is 17.2. The maximum Gasteiger partial charge on any atom is 2.00 e. The van der Waals surface area contributed by atoms with Gasteiger partial charge in [0.05, 0.1) is 11.1 Å². The standard InChI is InChI=1S/2C12H10O3.Fe/c2*13-10-5-7-11(8-6-10)15-12(14)9-3-1-2-4-9;/h2*1-8,13-14H;/q;;+2/p-2. The number of aliphatic hydroxyl groups excluding tert-OH is 2. The van der Waals surface area contributed by atoms with Crippen LogP contribution in [0.3, 0.4) is 0 Å². The van der Waals surface area contributed by atoms with Crippen molar-refractivity contribution in [1.82, 2.24) is 0 Å². The zero-order valence-electron chi connectivity index (χ0n) is 16.1. The first-order valence-electron chi connectivity index (χ1n) is 8.97. The van der Waals surface area contributed by atoms with Crippen molar-refractivity contribution in [3.63, 3.8) is 0 Å². The first-order chi connectivity index (χ1) is 14.5. The van der Waals surface area contributed by atoms with Crippen molar-refractivity contribution in [1.29, 1.82) is 0 Å². The topological polar surface area (TPSA) is 105 Å². The van der Waals surface area contributed by atoms with Crippen LogP contribution in [0.4, 0.5) is 0 Å². The molecule has 2 aromatic rings. The van der Waals surface area contributed by atoms with Gasteiger partial charge in [-0.3, -0.25) is 0 Å². The summed E-state index contributed by atoms with van der Waals surface area (Å²) in [6.07, 6.45) is 14.1. The second-order valence-corrected chi connectivity index (χ2v) is 6.10. The average Bonchev–Trinajstić information content (AvgIpc) is 3.46. The fourth-order valence-electron chi connectivity index (χ4n) is 2.39. The minimum atomic E-state index is -0.168. The predicted octanol–water partition coefficient (Wildman–Crippen LogP) is 4.07. The molecule has 2 N–H and O–H groups in total. The second kappa shape index (κ2) is 11.4. The average molecular weight is 458 g/mol. The van der Waals surface area contributed by atoms with Crippen LogP contribution in [0.5, 0.6) is 23.0 Å². The van der Waals surface area contributed by atoms with Crippen molar-refractivity contribution in [2.75, 3.05) is 0 Å². The van der Waals surface area contributed by atoms with Crippen LogP contribution < -0.4 is 19.7 Å². The summed E-state index contributed by atoms with van der Waals surface area (Å²) in [5, 5.41) is 40.7. The fraction of sp³-hybridized carbons (Fsp3) is 0. The second-order valence-electron chi connectivity index (χ2n) is 6.10. The minimum absolute atomic E-state index is 0. The molecule has 0 bridgehead atoms. The third-order valence-electron chi connectivity index (χ3n) is 3.90. The Kier molecular flexibility index (Phi) is 8.64. The van der Waals surface area contributed by atoms with Gasteiger partial charge in [0, 0.05) is 0 Å². The molecule has 0 amide bonds. The third kappa shape index (κ3) is 7.19. The van der Waals surface area contributed by atoms with Crippen molar-refractivity contribution < 1.29 is 47.0 Å². The van der Waals surface area contributed by atoms with E-state index in [4.69, 9.17) is 9.47 Å². The van der Waals surface area contributed by atoms with E-state index < -0.39 is 0 Å². The van der Waals surface area contributed by atoms with Gasteiger partial charge in [-0.1, -0.05) is 48.6 Å². The van der Waals surface area contributed by atoms with Crippen LogP contribution in [-0.2, 0) is 17.1 Å². The number of rotatable bonds is 4. The summed E-state index contributed by atoms with van der Waals surface area (Å²) >= 11 is 0. The van der Waals surface area contributed by atoms with Gasteiger partial charge in [0.2, 0.25) is 0 Å². The maximum absolute atomic E-state index is 10.8. The molecule has 6 nitrogen and oxygen atoms in total. The van der Waals surface area contributed by atoms with E-state index in [9.17, 15) is 20.4 Å². The molecule has 2 aliphatic rings. The SMILES string of the molecule is [Fe+2].[O-]c1ccc(OC(O)=C2C=CC=C2)cc1.[O-]c1ccc(OC(O)=C2C=CC=C2)cc1. The Hall–Kier alpha value is -3.80. The summed E-state index contributed by atoms with van der Waals surface area (Å²) in [5.41, 5.74) is 1.22. The normalized spacial score (nSPS) is 12.8. The monoisotopic (exact) mass is 458 g/mol. The van der Waals surface area contributed by atoms with Crippen LogP contribution in [0, 0.1) is 0 Å². The van der Waals surface area contributed by atoms with Crippen molar-refractivity contribution in [2.45, 2.75) is 0 Å². The summed E-state index contributed by atoms with van der Waals surface area (Å²) in [6.45, 7) is 0. The smallest absolute Gasteiger partial charge is 0.872 e. The Morgan fingerprint density at radius 1 is 0.548 bits per heavy atom. The van der Waals surface area contributed by atoms with E-state index in [-0.39, 0.29) is 40.5 Å². The van der Waals surface area contributed by atoms with E-state index >= 15 is 0 Å². The molecule has 31 heavy (non-hydrogen) atoms. The Morgan fingerprint density at radius 2 is 0.839 bits per heavy atom. The molecular formula is C24H18FeO6. The quantitative estimate of drug-likeness (QED) is 0.529. The Balaban J connectivity index is 0.000000213. The number of ether oxygens (including phenoxy) is 2. The van der Waals surface area contributed by atoms with Gasteiger partial charge < -0.3 is 29.9 Å². The number of aliphatic hydroxyl groups is 2. The number of benzene rings is 2. The molecule has 0 radical (unpaired) electrons. The molecule has 0 saturated carbocycles. The molecule has 7 heteroatoms. The number of hydrogen-bond donors (Lipinski definition) is 2. The van der Waals surface area contributed by atoms with Gasteiger partial charge in [0.15, 0.2) is 0 Å². The Morgan fingerprint density at radius 3 is 1.13 bits per heavy atom. The summed E-state index contributed by atoms with van der Waals surface area (Å²) in [4.78, 5) is 0. The van der Waals surface area contributed by atoms with Gasteiger partial charge in [-0.25, -0.2) is 0 Å². The van der Waals surface area contributed by atoms with Gasteiger partial charge in [0.1, 0.15) is 11.5 Å². The van der Waals surface area contributed by atoms with Gasteiger partial charge in [0.25, 0.3) is 11.9 Å². The molecule has 0 atom stereocenters. The van der Waals surface area contributed by atoms with Gasteiger partial charge in [-0.05, 0) is 48.6 Å². The molecule has 2 aromatic carbocycles. The summed E-state index contributed by atoms with van der Waals surface area (Å²) in [5.74, 6) is 0.365. The molecule has 0 unspecified atom stereocenters. The van der Waals surface area contributed by atoms with Crippen LogP contribution in [0.25, 0.3) is 0 Å². The molecule has 0 aliphatic heterocycles. The van der Waals surface area contributed by atoms with Crippen molar-refractivity contribution in [3.8, 4) is 23.0 Å². The number of allylic oxidation sites excluding steroid dienone is 10. The summed E-state index contributed by atoms with van der Waals surface area (Å²) in [6, 6.07) is 11.6. The van der Waals surface area contributed by atoms with E-state index in [1.54, 1.807) is 48.6 Å². The maximum atomic E-state index is 10.8. The van der Waals surface area contributed by atoms with Crippen molar-refractivity contribution in [2.24, 2.45) is 0 Å². The number of hydrogen-bond acceptors (Lipinski definition) is 6. The summed E-state index contributed by atoms with van der Waals surface area (Å²) in [7, 11) is 0. The largest absolute Gasteiger partial charge is 2.00 e. The zero-order chi connectivity index (χ0) is 21.3. The molecule has 158 valence electrons. The van der Waals surface area contributed by atoms with E-state index in [0.717, 1.165) is 0 Å². The van der Waals surface area contributed by atoms with E-state index in [1.807, 2.05) is 0 Å². The molecule has 2 aliphatic carbocycles. The van der Waals surface area contributed by atoms with Crippen LogP contribution in [0.2, 0.25) is 0 Å². The van der Waals surface area contributed by atoms with Gasteiger partial charge in [-0.2, -0.15) is 0 Å². The fourth-order valence-corrected chi connectivity index (χ4v) is 2.39. The van der Waals surface area contributed by atoms with Crippen LogP contribution in [0.1, 0.15) is 0 Å². The predicted molar refractivity (Wildman–Crippen MR) is 109 cm³/mol. The van der Waals surface area contributed by atoms with E-state index in [0.29, 0.717) is 22.6 Å². The first-order valence-corrected chi connectivity index (χ1v) is 8.97. The minimum Gasteiger partial charge on any atom is -0.872 e. The molecule has 0 fully saturated rings. The van der Waals surface area contributed by atoms with Crippen LogP contribution >= 0.6 is 0 Å². The van der Waals surface area contributed by atoms with Crippen molar-refractivity contribution >= 4 is 0 Å². The van der Waals surface area contributed by atoms with E-state index in [2.05, 4.69) is 0 Å². The first kappa shape index (κ1) is 23.5. The Labute approximate surface area is 190 Å². The van der Waals surface area contributed by atoms with E-state index in [1.165, 1.54) is 48.5 Å². The molecule has 0 aromatic heterocycles. The molecule has 0 spiro atoms. The molecule has 0 saturated heterocycles. The van der Waals surface area contributed by atoms with Crippen molar-refractivity contribution in [3.05, 3.63) is 120 Å². The molecule has 4 rings (SSSR count). The van der Waals surface area contributed by atoms with Gasteiger partial charge >= 0.3 is 17.1 Å². The van der Waals surface area contributed by atoms with Crippen LogP contribution in [0.15, 0.2) is 120 Å². The Bertz CT molecular complexity index is 943. The van der Waals surface area contributed by atoms with Gasteiger partial charge in [-0.15, -0.1) is 11.5 Å².